The van der Waals surface area contributed by atoms with E-state index < -0.39 is 0 Å². The Hall–Kier alpha value is -3.19. The van der Waals surface area contributed by atoms with Crippen LogP contribution in [0.5, 0.6) is 0 Å². The molecule has 1 aromatic carbocycles. The number of hydrogen-bond acceptors (Lipinski definition) is 6. The van der Waals surface area contributed by atoms with Crippen molar-refractivity contribution in [3.8, 4) is 11.5 Å². The summed E-state index contributed by atoms with van der Waals surface area (Å²) in [6.07, 6.45) is 3.41. The fraction of sp³-hybridized carbons (Fsp3) is 0.250. The van der Waals surface area contributed by atoms with E-state index in [4.69, 9.17) is 9.15 Å². The topological polar surface area (TPSA) is 80.5 Å². The van der Waals surface area contributed by atoms with Crippen LogP contribution in [0, 0.1) is 0 Å². The van der Waals surface area contributed by atoms with Gasteiger partial charge in [-0.25, -0.2) is 9.97 Å². The minimum Gasteiger partial charge on any atom is -0.444 e. The smallest absolute Gasteiger partial charge is 0.231 e. The van der Waals surface area contributed by atoms with Gasteiger partial charge in [0.2, 0.25) is 11.8 Å². The molecule has 1 saturated heterocycles. The second kappa shape index (κ2) is 8.01. The summed E-state index contributed by atoms with van der Waals surface area (Å²) in [7, 11) is 0. The highest BCUT2D eigenvalue weighted by atomic mass is 16.5. The number of oxazole rings is 1. The lowest BCUT2D eigenvalue weighted by atomic mass is 10.2. The zero-order valence-electron chi connectivity index (χ0n) is 14.8. The first-order chi connectivity index (χ1) is 13.3. The van der Waals surface area contributed by atoms with E-state index in [-0.39, 0.29) is 12.3 Å². The van der Waals surface area contributed by atoms with Crippen LogP contribution in [0.1, 0.15) is 5.69 Å². The van der Waals surface area contributed by atoms with Gasteiger partial charge < -0.3 is 19.4 Å². The van der Waals surface area contributed by atoms with E-state index in [1.54, 1.807) is 12.3 Å². The van der Waals surface area contributed by atoms with Gasteiger partial charge in [0, 0.05) is 18.7 Å². The summed E-state index contributed by atoms with van der Waals surface area (Å²) in [6.45, 7) is 3.15. The number of ether oxygens (including phenoxy) is 1. The first-order valence-electron chi connectivity index (χ1n) is 8.86. The molecule has 1 fully saturated rings. The molecule has 1 amide bonds. The maximum Gasteiger partial charge on any atom is 0.231 e. The van der Waals surface area contributed by atoms with Crippen molar-refractivity contribution in [1.82, 2.24) is 9.97 Å². The molecule has 0 radical (unpaired) electrons. The third-order valence-electron chi connectivity index (χ3n) is 4.31. The SMILES string of the molecule is O=C(Cc1coc(-c2ccccc2)n1)Nc1ccc(N2CCOCC2)cn1. The summed E-state index contributed by atoms with van der Waals surface area (Å²) in [6, 6.07) is 13.3. The molecule has 3 aromatic rings. The van der Waals surface area contributed by atoms with E-state index in [2.05, 4.69) is 20.2 Å². The Bertz CT molecular complexity index is 887. The molecule has 7 heteroatoms. The molecule has 0 saturated carbocycles. The van der Waals surface area contributed by atoms with Crippen LogP contribution in [0.25, 0.3) is 11.5 Å². The number of carbonyl (C=O) groups is 1. The fourth-order valence-corrected chi connectivity index (χ4v) is 2.92. The van der Waals surface area contributed by atoms with Crippen molar-refractivity contribution in [2.45, 2.75) is 6.42 Å². The van der Waals surface area contributed by atoms with E-state index in [9.17, 15) is 4.79 Å². The molecule has 0 aliphatic carbocycles. The number of aromatic nitrogens is 2. The van der Waals surface area contributed by atoms with Crippen molar-refractivity contribution in [3.63, 3.8) is 0 Å². The van der Waals surface area contributed by atoms with E-state index in [0.29, 0.717) is 17.4 Å². The number of carbonyl (C=O) groups excluding carboxylic acids is 1. The summed E-state index contributed by atoms with van der Waals surface area (Å²) >= 11 is 0. The van der Waals surface area contributed by atoms with E-state index in [0.717, 1.165) is 37.6 Å². The summed E-state index contributed by atoms with van der Waals surface area (Å²) in [4.78, 5) is 23.2. The van der Waals surface area contributed by atoms with Crippen LogP contribution in [0.3, 0.4) is 0 Å². The number of nitrogens with zero attached hydrogens (tertiary/aromatic N) is 3. The van der Waals surface area contributed by atoms with Gasteiger partial charge in [0.05, 0.1) is 37.2 Å². The molecule has 1 aliphatic rings. The molecule has 0 spiro atoms. The zero-order chi connectivity index (χ0) is 18.5. The summed E-state index contributed by atoms with van der Waals surface area (Å²) < 4.78 is 10.8. The Balaban J connectivity index is 1.35. The normalized spacial score (nSPS) is 14.1. The predicted octanol–water partition coefficient (Wildman–Crippen LogP) is 2.75. The number of anilines is 2. The summed E-state index contributed by atoms with van der Waals surface area (Å²) in [5, 5.41) is 2.79. The van der Waals surface area contributed by atoms with Gasteiger partial charge in [-0.15, -0.1) is 0 Å². The molecule has 0 bridgehead atoms. The Morgan fingerprint density at radius 3 is 2.67 bits per heavy atom. The van der Waals surface area contributed by atoms with Gasteiger partial charge in [-0.1, -0.05) is 18.2 Å². The molecule has 2 aromatic heterocycles. The molecule has 1 N–H and O–H groups in total. The van der Waals surface area contributed by atoms with Crippen molar-refractivity contribution in [3.05, 3.63) is 60.6 Å². The largest absolute Gasteiger partial charge is 0.444 e. The van der Waals surface area contributed by atoms with Crippen molar-refractivity contribution >= 4 is 17.4 Å². The third-order valence-corrected chi connectivity index (χ3v) is 4.31. The molecular weight excluding hydrogens is 344 g/mol. The van der Waals surface area contributed by atoms with Crippen LogP contribution < -0.4 is 10.2 Å². The predicted molar refractivity (Wildman–Crippen MR) is 102 cm³/mol. The lowest BCUT2D eigenvalue weighted by molar-refractivity contribution is -0.115. The molecule has 4 rings (SSSR count). The highest BCUT2D eigenvalue weighted by Crippen LogP contribution is 2.19. The van der Waals surface area contributed by atoms with Crippen molar-refractivity contribution in [2.75, 3.05) is 36.5 Å². The van der Waals surface area contributed by atoms with Crippen LogP contribution in [-0.2, 0) is 16.0 Å². The molecule has 0 atom stereocenters. The Morgan fingerprint density at radius 2 is 1.93 bits per heavy atom. The van der Waals surface area contributed by atoms with Crippen LogP contribution in [0.2, 0.25) is 0 Å². The lowest BCUT2D eigenvalue weighted by Gasteiger charge is -2.28. The monoisotopic (exact) mass is 364 g/mol. The van der Waals surface area contributed by atoms with Gasteiger partial charge in [0.25, 0.3) is 0 Å². The van der Waals surface area contributed by atoms with Crippen molar-refractivity contribution in [2.24, 2.45) is 0 Å². The quantitative estimate of drug-likeness (QED) is 0.750. The summed E-state index contributed by atoms with van der Waals surface area (Å²) in [5.74, 6) is 0.838. The number of amides is 1. The maximum atomic E-state index is 12.3. The van der Waals surface area contributed by atoms with Gasteiger partial charge in [0.1, 0.15) is 12.1 Å². The van der Waals surface area contributed by atoms with E-state index >= 15 is 0 Å². The van der Waals surface area contributed by atoms with Crippen LogP contribution in [-0.4, -0.2) is 42.2 Å². The van der Waals surface area contributed by atoms with Gasteiger partial charge in [0.15, 0.2) is 0 Å². The van der Waals surface area contributed by atoms with Crippen LogP contribution in [0.4, 0.5) is 11.5 Å². The third kappa shape index (κ3) is 4.32. The van der Waals surface area contributed by atoms with E-state index in [1.807, 2.05) is 36.4 Å². The van der Waals surface area contributed by atoms with Gasteiger partial charge in [-0.3, -0.25) is 4.79 Å². The van der Waals surface area contributed by atoms with Gasteiger partial charge in [-0.05, 0) is 24.3 Å². The average Bonchev–Trinajstić information content (AvgIpc) is 3.18. The van der Waals surface area contributed by atoms with Crippen LogP contribution >= 0.6 is 0 Å². The van der Waals surface area contributed by atoms with Crippen LogP contribution in [0.15, 0.2) is 59.3 Å². The average molecular weight is 364 g/mol. The molecule has 1 aliphatic heterocycles. The van der Waals surface area contributed by atoms with Crippen molar-refractivity contribution < 1.29 is 13.9 Å². The minimum absolute atomic E-state index is 0.128. The van der Waals surface area contributed by atoms with Gasteiger partial charge in [-0.2, -0.15) is 0 Å². The number of nitrogens with one attached hydrogen (secondary N) is 1. The standard InChI is InChI=1S/C20H20N4O3/c25-19(12-16-14-27-20(22-16)15-4-2-1-3-5-15)23-18-7-6-17(13-21-18)24-8-10-26-11-9-24/h1-7,13-14H,8-12H2,(H,21,23,25). The Morgan fingerprint density at radius 1 is 1.11 bits per heavy atom. The minimum atomic E-state index is -0.186. The fourth-order valence-electron chi connectivity index (χ4n) is 2.92. The molecule has 27 heavy (non-hydrogen) atoms. The molecule has 3 heterocycles. The second-order valence-electron chi connectivity index (χ2n) is 6.24. The van der Waals surface area contributed by atoms with E-state index in [1.165, 1.54) is 6.26 Å². The molecule has 7 nitrogen and oxygen atoms in total. The highest BCUT2D eigenvalue weighted by molar-refractivity contribution is 5.91. The number of hydrogen-bond donors (Lipinski definition) is 1. The number of pyridine rings is 1. The first-order valence-corrected chi connectivity index (χ1v) is 8.86. The zero-order valence-corrected chi connectivity index (χ0v) is 14.8. The molecular formula is C20H20N4O3. The lowest BCUT2D eigenvalue weighted by Crippen LogP contribution is -2.36. The highest BCUT2D eigenvalue weighted by Gasteiger charge is 2.13. The maximum absolute atomic E-state index is 12.3. The second-order valence-corrected chi connectivity index (χ2v) is 6.24. The number of benzene rings is 1. The summed E-state index contributed by atoms with van der Waals surface area (Å²) in [5.41, 5.74) is 2.49. The number of rotatable bonds is 5. The number of morpholine rings is 1. The van der Waals surface area contributed by atoms with Gasteiger partial charge >= 0.3 is 0 Å². The Labute approximate surface area is 157 Å². The molecule has 138 valence electrons. The first kappa shape index (κ1) is 17.2. The molecule has 0 unspecified atom stereocenters. The Kier molecular flexibility index (Phi) is 5.11. The van der Waals surface area contributed by atoms with Crippen molar-refractivity contribution in [1.29, 1.82) is 0 Å².